The summed E-state index contributed by atoms with van der Waals surface area (Å²) in [6.07, 6.45) is 4.51. The van der Waals surface area contributed by atoms with Gasteiger partial charge in [-0.15, -0.1) is 0 Å². The Hall–Kier alpha value is -2.33. The number of carbonyl (C=O) groups is 1. The Morgan fingerprint density at radius 3 is 2.39 bits per heavy atom. The van der Waals surface area contributed by atoms with Crippen LogP contribution in [0.1, 0.15) is 45.6 Å². The third-order valence-corrected chi connectivity index (χ3v) is 5.03. The first-order valence-corrected chi connectivity index (χ1v) is 10.7. The summed E-state index contributed by atoms with van der Waals surface area (Å²) in [6.45, 7) is 6.57. The topological polar surface area (TPSA) is 96.2 Å². The number of aliphatic carboxylic acids is 1. The van der Waals surface area contributed by atoms with Gasteiger partial charge in [0.15, 0.2) is 0 Å². The molecule has 0 saturated heterocycles. The van der Waals surface area contributed by atoms with E-state index in [0.29, 0.717) is 25.9 Å². The minimum Gasteiger partial charge on any atom is -0.497 e. The maximum absolute atomic E-state index is 10.4. The molecule has 172 valence electrons. The van der Waals surface area contributed by atoms with Crippen molar-refractivity contribution in [3.8, 4) is 17.6 Å². The number of hydrogen-bond acceptors (Lipinski definition) is 5. The van der Waals surface area contributed by atoms with Crippen LogP contribution in [0.3, 0.4) is 0 Å². The lowest BCUT2D eigenvalue weighted by atomic mass is 9.93. The molecule has 0 saturated carbocycles. The highest BCUT2D eigenvalue weighted by atomic mass is 16.5. The van der Waals surface area contributed by atoms with Crippen molar-refractivity contribution in [3.63, 3.8) is 0 Å². The van der Waals surface area contributed by atoms with Crippen LogP contribution in [0.5, 0.6) is 5.75 Å². The van der Waals surface area contributed by atoms with Gasteiger partial charge < -0.3 is 24.8 Å². The monoisotopic (exact) mass is 432 g/mol. The van der Waals surface area contributed by atoms with Crippen LogP contribution >= 0.6 is 0 Å². The first-order chi connectivity index (χ1) is 14.7. The average molecular weight is 433 g/mol. The van der Waals surface area contributed by atoms with Crippen LogP contribution in [0.25, 0.3) is 0 Å². The molecule has 1 aromatic rings. The van der Waals surface area contributed by atoms with Gasteiger partial charge in [0.05, 0.1) is 32.5 Å². The van der Waals surface area contributed by atoms with Gasteiger partial charge in [-0.25, -0.2) is 4.79 Å². The fourth-order valence-electron chi connectivity index (χ4n) is 3.12. The molecule has 1 aromatic carbocycles. The Morgan fingerprint density at radius 1 is 1.10 bits per heavy atom. The third-order valence-electron chi connectivity index (χ3n) is 5.03. The molecular weight excluding hydrogens is 396 g/mol. The number of benzene rings is 1. The van der Waals surface area contributed by atoms with E-state index in [1.54, 1.807) is 7.11 Å². The van der Waals surface area contributed by atoms with E-state index >= 15 is 0 Å². The fraction of sp³-hybridized carbons (Fsp3) is 0.560. The second kappa shape index (κ2) is 14.6. The number of ether oxygens (including phenoxy) is 2. The molecule has 5 atom stereocenters. The molecule has 0 unspecified atom stereocenters. The Morgan fingerprint density at radius 2 is 1.77 bits per heavy atom. The minimum absolute atomic E-state index is 0.0688. The molecule has 0 aliphatic carbocycles. The molecule has 0 aromatic heterocycles. The number of aliphatic hydroxyl groups is 2. The van der Waals surface area contributed by atoms with Crippen molar-refractivity contribution in [2.24, 2.45) is 17.8 Å². The zero-order chi connectivity index (χ0) is 23.2. The summed E-state index contributed by atoms with van der Waals surface area (Å²) in [7, 11) is 1.62. The highest BCUT2D eigenvalue weighted by molar-refractivity contribution is 5.86. The van der Waals surface area contributed by atoms with Gasteiger partial charge in [-0.1, -0.05) is 51.0 Å². The molecule has 1 rings (SSSR count). The van der Waals surface area contributed by atoms with E-state index in [9.17, 15) is 15.0 Å². The van der Waals surface area contributed by atoms with Gasteiger partial charge in [-0.05, 0) is 42.4 Å². The second-order valence-corrected chi connectivity index (χ2v) is 8.19. The first-order valence-electron chi connectivity index (χ1n) is 10.7. The summed E-state index contributed by atoms with van der Waals surface area (Å²) in [6, 6.07) is 7.61. The van der Waals surface area contributed by atoms with E-state index in [1.807, 2.05) is 57.2 Å². The molecule has 0 aliphatic rings. The van der Waals surface area contributed by atoms with E-state index in [1.165, 1.54) is 0 Å². The van der Waals surface area contributed by atoms with Crippen LogP contribution in [-0.4, -0.2) is 47.2 Å². The van der Waals surface area contributed by atoms with Gasteiger partial charge in [0, 0.05) is 18.3 Å². The van der Waals surface area contributed by atoms with E-state index in [2.05, 4.69) is 11.8 Å². The van der Waals surface area contributed by atoms with Crippen molar-refractivity contribution < 1.29 is 29.6 Å². The zero-order valence-corrected chi connectivity index (χ0v) is 19.0. The Kier molecular flexibility index (Phi) is 12.6. The van der Waals surface area contributed by atoms with Gasteiger partial charge in [0.2, 0.25) is 0 Å². The summed E-state index contributed by atoms with van der Waals surface area (Å²) in [5.41, 5.74) is 1.02. The van der Waals surface area contributed by atoms with Crippen LogP contribution in [0.4, 0.5) is 0 Å². The molecule has 3 N–H and O–H groups in total. The molecule has 0 aliphatic heterocycles. The molecule has 0 amide bonds. The number of hydrogen-bond donors (Lipinski definition) is 3. The SMILES string of the molecule is COc1ccc(COC[C@H](O)[C@H](C)/C=C/[C@@H](C)C[C@@H](O)C[C@@H](C)CC#CC(=O)O)cc1. The molecule has 31 heavy (non-hydrogen) atoms. The molecular formula is C25H36O6. The van der Waals surface area contributed by atoms with E-state index in [-0.39, 0.29) is 24.4 Å². The van der Waals surface area contributed by atoms with Crippen LogP contribution in [0.15, 0.2) is 36.4 Å². The zero-order valence-electron chi connectivity index (χ0n) is 19.0. The van der Waals surface area contributed by atoms with E-state index in [4.69, 9.17) is 14.6 Å². The molecule has 0 heterocycles. The third kappa shape index (κ3) is 12.2. The minimum atomic E-state index is -1.13. The number of carboxylic acid groups (broad SMARTS) is 1. The van der Waals surface area contributed by atoms with Gasteiger partial charge in [-0.3, -0.25) is 0 Å². The first kappa shape index (κ1) is 26.7. The predicted octanol–water partition coefficient (Wildman–Crippen LogP) is 3.66. The summed E-state index contributed by atoms with van der Waals surface area (Å²) < 4.78 is 10.8. The Balaban J connectivity index is 2.31. The molecule has 6 heteroatoms. The van der Waals surface area contributed by atoms with Crippen molar-refractivity contribution in [2.45, 2.75) is 58.8 Å². The highest BCUT2D eigenvalue weighted by Gasteiger charge is 2.15. The Labute approximate surface area is 185 Å². The lowest BCUT2D eigenvalue weighted by Crippen LogP contribution is -2.22. The highest BCUT2D eigenvalue weighted by Crippen LogP contribution is 2.18. The van der Waals surface area contributed by atoms with Crippen LogP contribution in [0, 0.1) is 29.6 Å². The molecule has 6 nitrogen and oxygen atoms in total. The van der Waals surface area contributed by atoms with Gasteiger partial charge in [0.25, 0.3) is 0 Å². The van der Waals surface area contributed by atoms with Crippen LogP contribution in [-0.2, 0) is 16.1 Å². The largest absolute Gasteiger partial charge is 0.497 e. The fourth-order valence-corrected chi connectivity index (χ4v) is 3.12. The van der Waals surface area contributed by atoms with Crippen molar-refractivity contribution >= 4 is 5.97 Å². The Bertz CT molecular complexity index is 731. The van der Waals surface area contributed by atoms with Crippen molar-refractivity contribution in [1.29, 1.82) is 0 Å². The van der Waals surface area contributed by atoms with E-state index in [0.717, 1.165) is 11.3 Å². The van der Waals surface area contributed by atoms with Gasteiger partial charge >= 0.3 is 5.97 Å². The van der Waals surface area contributed by atoms with Crippen molar-refractivity contribution in [3.05, 3.63) is 42.0 Å². The molecule has 0 bridgehead atoms. The standard InChI is InChI=1S/C25H36O6/c1-18(6-5-7-25(28)29)14-22(26)15-19(2)8-9-20(3)24(27)17-31-16-21-10-12-23(30-4)13-11-21/h8-13,18-20,22,24,26-27H,6,14-17H2,1-4H3,(H,28,29)/b9-8+/t18-,19+,20+,22-,24-/m0/s1. The maximum atomic E-state index is 10.4. The summed E-state index contributed by atoms with van der Waals surface area (Å²) in [5.74, 6) is 4.58. The summed E-state index contributed by atoms with van der Waals surface area (Å²) >= 11 is 0. The number of rotatable bonds is 13. The number of methoxy groups -OCH3 is 1. The summed E-state index contributed by atoms with van der Waals surface area (Å²) in [4.78, 5) is 10.4. The lowest BCUT2D eigenvalue weighted by molar-refractivity contribution is -0.130. The van der Waals surface area contributed by atoms with Crippen LogP contribution < -0.4 is 4.74 Å². The van der Waals surface area contributed by atoms with Gasteiger partial charge in [0.1, 0.15) is 5.75 Å². The van der Waals surface area contributed by atoms with Gasteiger partial charge in [-0.2, -0.15) is 0 Å². The number of aliphatic hydroxyl groups excluding tert-OH is 2. The average Bonchev–Trinajstić information content (AvgIpc) is 2.71. The number of allylic oxidation sites excluding steroid dienone is 1. The van der Waals surface area contributed by atoms with Crippen LogP contribution in [0.2, 0.25) is 0 Å². The smallest absolute Gasteiger partial charge is 0.381 e. The molecule has 0 radical (unpaired) electrons. The van der Waals surface area contributed by atoms with Crippen molar-refractivity contribution in [2.75, 3.05) is 13.7 Å². The normalized spacial score (nSPS) is 16.1. The molecule has 0 spiro atoms. The maximum Gasteiger partial charge on any atom is 0.381 e. The number of carboxylic acids is 1. The second-order valence-electron chi connectivity index (χ2n) is 8.19. The van der Waals surface area contributed by atoms with E-state index < -0.39 is 18.2 Å². The quantitative estimate of drug-likeness (QED) is 0.325. The summed E-state index contributed by atoms with van der Waals surface area (Å²) in [5, 5.41) is 29.1. The van der Waals surface area contributed by atoms with Crippen molar-refractivity contribution in [1.82, 2.24) is 0 Å². The molecule has 0 fully saturated rings. The lowest BCUT2D eigenvalue weighted by Gasteiger charge is -2.19. The predicted molar refractivity (Wildman–Crippen MR) is 121 cm³/mol.